The van der Waals surface area contributed by atoms with E-state index in [0.29, 0.717) is 25.4 Å². The molecule has 94 valence electrons. The smallest absolute Gasteiger partial charge is 0.243 e. The number of nitrogens with one attached hydrogen (secondary N) is 1. The highest BCUT2D eigenvalue weighted by atomic mass is 16.2. The molecule has 1 aliphatic carbocycles. The Morgan fingerprint density at radius 1 is 1.41 bits per heavy atom. The van der Waals surface area contributed by atoms with E-state index in [0.717, 1.165) is 12.8 Å². The summed E-state index contributed by atoms with van der Waals surface area (Å²) in [7, 11) is 0. The normalized spacial score (nSPS) is 25.3. The molecule has 4 heteroatoms. The SMILES string of the molecule is C=CCNC(=O)[C@H]1CCC(=O)N1C1CCCC1. The lowest BCUT2D eigenvalue weighted by atomic mass is 10.1. The lowest BCUT2D eigenvalue weighted by Crippen LogP contribution is -2.48. The van der Waals surface area contributed by atoms with Gasteiger partial charge in [-0.2, -0.15) is 0 Å². The second-order valence-corrected chi connectivity index (χ2v) is 4.83. The molecule has 17 heavy (non-hydrogen) atoms. The van der Waals surface area contributed by atoms with Crippen LogP contribution in [0.2, 0.25) is 0 Å². The van der Waals surface area contributed by atoms with Crippen molar-refractivity contribution in [3.63, 3.8) is 0 Å². The van der Waals surface area contributed by atoms with E-state index in [2.05, 4.69) is 11.9 Å². The largest absolute Gasteiger partial charge is 0.351 e. The van der Waals surface area contributed by atoms with Crippen molar-refractivity contribution in [1.29, 1.82) is 0 Å². The highest BCUT2D eigenvalue weighted by Crippen LogP contribution is 2.30. The minimum Gasteiger partial charge on any atom is -0.351 e. The number of nitrogens with zero attached hydrogens (tertiary/aromatic N) is 1. The van der Waals surface area contributed by atoms with Crippen LogP contribution in [0, 0.1) is 0 Å². The van der Waals surface area contributed by atoms with Gasteiger partial charge in [-0.1, -0.05) is 18.9 Å². The molecule has 1 atom stereocenters. The minimum atomic E-state index is -0.245. The summed E-state index contributed by atoms with van der Waals surface area (Å²) in [6.07, 6.45) is 7.30. The summed E-state index contributed by atoms with van der Waals surface area (Å²) in [6, 6.07) is 0.0510. The van der Waals surface area contributed by atoms with Crippen molar-refractivity contribution >= 4 is 11.8 Å². The van der Waals surface area contributed by atoms with Crippen molar-refractivity contribution in [2.24, 2.45) is 0 Å². The molecular weight excluding hydrogens is 216 g/mol. The van der Waals surface area contributed by atoms with Gasteiger partial charge in [-0.15, -0.1) is 6.58 Å². The molecule has 1 saturated carbocycles. The van der Waals surface area contributed by atoms with Crippen LogP contribution in [-0.4, -0.2) is 35.3 Å². The summed E-state index contributed by atoms with van der Waals surface area (Å²) in [5, 5.41) is 2.80. The molecule has 4 nitrogen and oxygen atoms in total. The van der Waals surface area contributed by atoms with Gasteiger partial charge < -0.3 is 10.2 Å². The van der Waals surface area contributed by atoms with Gasteiger partial charge in [0.05, 0.1) is 0 Å². The first-order valence-corrected chi connectivity index (χ1v) is 6.44. The molecule has 2 aliphatic rings. The molecule has 2 fully saturated rings. The third-order valence-electron chi connectivity index (χ3n) is 3.70. The first-order chi connectivity index (χ1) is 8.24. The molecule has 1 heterocycles. The van der Waals surface area contributed by atoms with Crippen LogP contribution in [0.15, 0.2) is 12.7 Å². The third kappa shape index (κ3) is 2.51. The third-order valence-corrected chi connectivity index (χ3v) is 3.70. The number of amides is 2. The maximum absolute atomic E-state index is 12.0. The molecule has 0 radical (unpaired) electrons. The molecule has 2 rings (SSSR count). The Hall–Kier alpha value is -1.32. The Labute approximate surface area is 102 Å². The Kier molecular flexibility index (Phi) is 3.82. The zero-order valence-corrected chi connectivity index (χ0v) is 10.2. The van der Waals surface area contributed by atoms with Crippen LogP contribution in [0.4, 0.5) is 0 Å². The van der Waals surface area contributed by atoms with Crippen molar-refractivity contribution in [2.45, 2.75) is 50.6 Å². The maximum atomic E-state index is 12.0. The second-order valence-electron chi connectivity index (χ2n) is 4.83. The van der Waals surface area contributed by atoms with Gasteiger partial charge in [-0.25, -0.2) is 0 Å². The first-order valence-electron chi connectivity index (χ1n) is 6.44. The van der Waals surface area contributed by atoms with Gasteiger partial charge >= 0.3 is 0 Å². The fourth-order valence-electron chi connectivity index (χ4n) is 2.89. The number of rotatable bonds is 4. The maximum Gasteiger partial charge on any atom is 0.243 e. The molecule has 0 spiro atoms. The Morgan fingerprint density at radius 3 is 2.76 bits per heavy atom. The fourth-order valence-corrected chi connectivity index (χ4v) is 2.89. The second kappa shape index (κ2) is 5.34. The first kappa shape index (κ1) is 12.1. The molecule has 0 aromatic carbocycles. The highest BCUT2D eigenvalue weighted by molar-refractivity contribution is 5.91. The number of hydrogen-bond donors (Lipinski definition) is 1. The van der Waals surface area contributed by atoms with Crippen LogP contribution < -0.4 is 5.32 Å². The molecule has 0 bridgehead atoms. The molecule has 0 aromatic heterocycles. The lowest BCUT2D eigenvalue weighted by molar-refractivity contribution is -0.137. The van der Waals surface area contributed by atoms with E-state index in [1.807, 2.05) is 4.90 Å². The monoisotopic (exact) mass is 236 g/mol. The zero-order valence-electron chi connectivity index (χ0n) is 10.2. The van der Waals surface area contributed by atoms with E-state index in [9.17, 15) is 9.59 Å². The summed E-state index contributed by atoms with van der Waals surface area (Å²) < 4.78 is 0. The number of hydrogen-bond acceptors (Lipinski definition) is 2. The van der Waals surface area contributed by atoms with Crippen LogP contribution in [0.1, 0.15) is 38.5 Å². The van der Waals surface area contributed by atoms with Crippen LogP contribution in [0.5, 0.6) is 0 Å². The van der Waals surface area contributed by atoms with E-state index >= 15 is 0 Å². The summed E-state index contributed by atoms with van der Waals surface area (Å²) >= 11 is 0. The van der Waals surface area contributed by atoms with Crippen molar-refractivity contribution in [2.75, 3.05) is 6.54 Å². The van der Waals surface area contributed by atoms with Crippen LogP contribution in [-0.2, 0) is 9.59 Å². The topological polar surface area (TPSA) is 49.4 Å². The fraction of sp³-hybridized carbons (Fsp3) is 0.692. The molecule has 1 saturated heterocycles. The predicted molar refractivity (Wildman–Crippen MR) is 65.3 cm³/mol. The molecule has 0 aromatic rings. The Bertz CT molecular complexity index is 321. The van der Waals surface area contributed by atoms with E-state index < -0.39 is 0 Å². The Balaban J connectivity index is 2.02. The van der Waals surface area contributed by atoms with Gasteiger partial charge in [0.2, 0.25) is 11.8 Å². The van der Waals surface area contributed by atoms with Gasteiger partial charge in [0.25, 0.3) is 0 Å². The molecule has 1 N–H and O–H groups in total. The van der Waals surface area contributed by atoms with Gasteiger partial charge in [-0.3, -0.25) is 9.59 Å². The van der Waals surface area contributed by atoms with Crippen LogP contribution >= 0.6 is 0 Å². The quantitative estimate of drug-likeness (QED) is 0.746. The van der Waals surface area contributed by atoms with Crippen molar-refractivity contribution in [3.8, 4) is 0 Å². The van der Waals surface area contributed by atoms with E-state index in [-0.39, 0.29) is 17.9 Å². The van der Waals surface area contributed by atoms with E-state index in [1.165, 1.54) is 12.8 Å². The van der Waals surface area contributed by atoms with Crippen LogP contribution in [0.3, 0.4) is 0 Å². The van der Waals surface area contributed by atoms with Crippen molar-refractivity contribution in [1.82, 2.24) is 10.2 Å². The highest BCUT2D eigenvalue weighted by Gasteiger charge is 2.40. The number of carbonyl (C=O) groups excluding carboxylic acids is 2. The summed E-state index contributed by atoms with van der Waals surface area (Å²) in [6.45, 7) is 4.05. The van der Waals surface area contributed by atoms with Crippen molar-refractivity contribution in [3.05, 3.63) is 12.7 Å². The summed E-state index contributed by atoms with van der Waals surface area (Å²) in [5.74, 6) is 0.123. The summed E-state index contributed by atoms with van der Waals surface area (Å²) in [4.78, 5) is 25.7. The number of likely N-dealkylation sites (tertiary alicyclic amines) is 1. The molecular formula is C13H20N2O2. The number of carbonyl (C=O) groups is 2. The lowest BCUT2D eigenvalue weighted by Gasteiger charge is -2.29. The van der Waals surface area contributed by atoms with Gasteiger partial charge in [-0.05, 0) is 19.3 Å². The standard InChI is InChI=1S/C13H20N2O2/c1-2-9-14-13(17)11-7-8-12(16)15(11)10-5-3-4-6-10/h2,10-11H,1,3-9H2,(H,14,17)/t11-/m1/s1. The Morgan fingerprint density at radius 2 is 2.12 bits per heavy atom. The van der Waals surface area contributed by atoms with Gasteiger partial charge in [0.15, 0.2) is 0 Å². The van der Waals surface area contributed by atoms with Crippen molar-refractivity contribution < 1.29 is 9.59 Å². The van der Waals surface area contributed by atoms with Gasteiger partial charge in [0, 0.05) is 19.0 Å². The molecule has 0 unspecified atom stereocenters. The molecule has 2 amide bonds. The average molecular weight is 236 g/mol. The van der Waals surface area contributed by atoms with E-state index in [1.54, 1.807) is 6.08 Å². The van der Waals surface area contributed by atoms with Gasteiger partial charge in [0.1, 0.15) is 6.04 Å². The zero-order chi connectivity index (χ0) is 12.3. The van der Waals surface area contributed by atoms with E-state index in [4.69, 9.17) is 0 Å². The molecule has 1 aliphatic heterocycles. The summed E-state index contributed by atoms with van der Waals surface area (Å²) in [5.41, 5.74) is 0. The van der Waals surface area contributed by atoms with Crippen LogP contribution in [0.25, 0.3) is 0 Å². The average Bonchev–Trinajstić information content (AvgIpc) is 2.94. The minimum absolute atomic E-state index is 0.0253. The predicted octanol–water partition coefficient (Wildman–Crippen LogP) is 1.22.